The molecule has 3 aromatic rings. The predicted molar refractivity (Wildman–Crippen MR) is 122 cm³/mol. The third-order valence-corrected chi connectivity index (χ3v) is 9.44. The van der Waals surface area contributed by atoms with Gasteiger partial charge in [-0.1, -0.05) is 0 Å². The standard InChI is InChI=1S/C24H24F2N4O3S/c25-21-6-5-18(11-22(21)26)34(32,33)30-16-3-4-17(30)10-14(9-16)20-12-23(29(13-31)15-1-2-15)28-24-19(20)7-8-27-24/h5-8,11-17H,1-4,9-10H2,(H,27,28). The highest BCUT2D eigenvalue weighted by Gasteiger charge is 2.48. The lowest BCUT2D eigenvalue weighted by atomic mass is 9.85. The number of aromatic amines is 1. The van der Waals surface area contributed by atoms with Gasteiger partial charge in [-0.2, -0.15) is 4.31 Å². The Morgan fingerprint density at radius 2 is 1.76 bits per heavy atom. The molecule has 6 rings (SSSR count). The summed E-state index contributed by atoms with van der Waals surface area (Å²) in [5.41, 5.74) is 1.78. The normalized spacial score (nSPS) is 25.1. The molecule has 178 valence electrons. The van der Waals surface area contributed by atoms with Crippen LogP contribution < -0.4 is 4.90 Å². The zero-order chi connectivity index (χ0) is 23.6. The van der Waals surface area contributed by atoms with Gasteiger partial charge in [0.15, 0.2) is 11.6 Å². The predicted octanol–water partition coefficient (Wildman–Crippen LogP) is 4.07. The van der Waals surface area contributed by atoms with Crippen LogP contribution in [0.1, 0.15) is 50.0 Å². The fourth-order valence-corrected chi connectivity index (χ4v) is 7.64. The number of halogens is 2. The second-order valence-electron chi connectivity index (χ2n) is 9.52. The Bertz CT molecular complexity index is 1370. The van der Waals surface area contributed by atoms with E-state index < -0.39 is 21.7 Å². The van der Waals surface area contributed by atoms with Crippen molar-refractivity contribution < 1.29 is 22.0 Å². The quantitative estimate of drug-likeness (QED) is 0.533. The maximum Gasteiger partial charge on any atom is 0.243 e. The third kappa shape index (κ3) is 3.42. The summed E-state index contributed by atoms with van der Waals surface area (Å²) in [6.45, 7) is 0. The summed E-state index contributed by atoms with van der Waals surface area (Å²) in [5, 5.41) is 0.978. The molecule has 2 bridgehead atoms. The Morgan fingerprint density at radius 1 is 1.03 bits per heavy atom. The molecule has 1 aliphatic carbocycles. The number of nitrogens with zero attached hydrogens (tertiary/aromatic N) is 3. The van der Waals surface area contributed by atoms with Crippen LogP contribution in [0.25, 0.3) is 11.0 Å². The Labute approximate surface area is 195 Å². The number of hydrogen-bond acceptors (Lipinski definition) is 4. The molecule has 34 heavy (non-hydrogen) atoms. The number of sulfonamides is 1. The van der Waals surface area contributed by atoms with Crippen LogP contribution in [-0.2, 0) is 14.8 Å². The number of pyridine rings is 1. The van der Waals surface area contributed by atoms with Crippen LogP contribution in [0.2, 0.25) is 0 Å². The Hall–Kier alpha value is -2.85. The first-order valence-electron chi connectivity index (χ1n) is 11.6. The molecule has 0 radical (unpaired) electrons. The first-order valence-corrected chi connectivity index (χ1v) is 13.0. The van der Waals surface area contributed by atoms with Gasteiger partial charge in [0.1, 0.15) is 11.5 Å². The van der Waals surface area contributed by atoms with E-state index in [1.807, 2.05) is 18.3 Å². The fraction of sp³-hybridized carbons (Fsp3) is 0.417. The van der Waals surface area contributed by atoms with Gasteiger partial charge in [-0.3, -0.25) is 9.69 Å². The van der Waals surface area contributed by atoms with Gasteiger partial charge in [0, 0.05) is 29.7 Å². The summed E-state index contributed by atoms with van der Waals surface area (Å²) in [7, 11) is -3.95. The van der Waals surface area contributed by atoms with Crippen LogP contribution in [0, 0.1) is 11.6 Å². The van der Waals surface area contributed by atoms with Crippen molar-refractivity contribution in [3.8, 4) is 0 Å². The number of anilines is 1. The molecule has 2 aromatic heterocycles. The minimum absolute atomic E-state index is 0.0988. The minimum Gasteiger partial charge on any atom is -0.346 e. The average molecular weight is 487 g/mol. The van der Waals surface area contributed by atoms with Crippen LogP contribution in [0.4, 0.5) is 14.6 Å². The zero-order valence-corrected chi connectivity index (χ0v) is 19.1. The smallest absolute Gasteiger partial charge is 0.243 e. The summed E-state index contributed by atoms with van der Waals surface area (Å²) < 4.78 is 55.4. The molecule has 3 aliphatic rings. The van der Waals surface area contributed by atoms with E-state index in [2.05, 4.69) is 9.97 Å². The maximum absolute atomic E-state index is 13.8. The molecule has 0 spiro atoms. The highest BCUT2D eigenvalue weighted by Crippen LogP contribution is 2.47. The SMILES string of the molecule is O=CN(c1cc(C2CC3CCC(C2)N3S(=O)(=O)c2ccc(F)c(F)c2)c2cc[nH]c2n1)C1CC1. The third-order valence-electron chi connectivity index (χ3n) is 7.44. The number of carbonyl (C=O) groups excluding carboxylic acids is 1. The number of piperidine rings is 1. The number of benzene rings is 1. The number of carbonyl (C=O) groups is 1. The topological polar surface area (TPSA) is 86.4 Å². The van der Waals surface area contributed by atoms with Crippen LogP contribution in [0.15, 0.2) is 41.4 Å². The first-order chi connectivity index (χ1) is 16.4. The molecule has 2 saturated heterocycles. The molecule has 1 saturated carbocycles. The van der Waals surface area contributed by atoms with Gasteiger partial charge >= 0.3 is 0 Å². The van der Waals surface area contributed by atoms with Crippen molar-refractivity contribution >= 4 is 33.3 Å². The lowest BCUT2D eigenvalue weighted by Gasteiger charge is -2.38. The van der Waals surface area contributed by atoms with Gasteiger partial charge in [-0.05, 0) is 80.3 Å². The number of aromatic nitrogens is 2. The van der Waals surface area contributed by atoms with Gasteiger partial charge in [-0.25, -0.2) is 22.2 Å². The second-order valence-corrected chi connectivity index (χ2v) is 11.4. The Morgan fingerprint density at radius 3 is 2.41 bits per heavy atom. The summed E-state index contributed by atoms with van der Waals surface area (Å²) in [6.07, 6.45) is 7.26. The van der Waals surface area contributed by atoms with E-state index in [0.29, 0.717) is 24.3 Å². The number of amides is 1. The van der Waals surface area contributed by atoms with Crippen molar-refractivity contribution in [3.63, 3.8) is 0 Å². The molecule has 2 unspecified atom stereocenters. The molecule has 10 heteroatoms. The summed E-state index contributed by atoms with van der Waals surface area (Å²) >= 11 is 0. The van der Waals surface area contributed by atoms with Gasteiger partial charge in [0.25, 0.3) is 0 Å². The summed E-state index contributed by atoms with van der Waals surface area (Å²) in [6, 6.07) is 6.43. The van der Waals surface area contributed by atoms with Crippen molar-refractivity contribution in [2.45, 2.75) is 67.5 Å². The molecule has 4 heterocycles. The van der Waals surface area contributed by atoms with E-state index in [0.717, 1.165) is 61.2 Å². The average Bonchev–Trinajstić information content (AvgIpc) is 3.46. The lowest BCUT2D eigenvalue weighted by Crippen LogP contribution is -2.46. The van der Waals surface area contributed by atoms with Crippen molar-refractivity contribution in [3.05, 3.63) is 53.7 Å². The van der Waals surface area contributed by atoms with Crippen molar-refractivity contribution in [1.82, 2.24) is 14.3 Å². The number of fused-ring (bicyclic) bond motifs is 3. The van der Waals surface area contributed by atoms with Crippen LogP contribution >= 0.6 is 0 Å². The van der Waals surface area contributed by atoms with Crippen molar-refractivity contribution in [2.75, 3.05) is 4.90 Å². The summed E-state index contributed by atoms with van der Waals surface area (Å²) in [4.78, 5) is 21.0. The summed E-state index contributed by atoms with van der Waals surface area (Å²) in [5.74, 6) is -1.52. The molecule has 7 nitrogen and oxygen atoms in total. The van der Waals surface area contributed by atoms with E-state index in [1.54, 1.807) is 4.90 Å². The highest BCUT2D eigenvalue weighted by atomic mass is 32.2. The van der Waals surface area contributed by atoms with E-state index >= 15 is 0 Å². The van der Waals surface area contributed by atoms with E-state index in [1.165, 1.54) is 4.31 Å². The van der Waals surface area contributed by atoms with Gasteiger partial charge in [0.2, 0.25) is 16.4 Å². The number of hydrogen-bond donors (Lipinski definition) is 1. The van der Waals surface area contributed by atoms with Gasteiger partial charge in [-0.15, -0.1) is 0 Å². The number of nitrogens with one attached hydrogen (secondary N) is 1. The minimum atomic E-state index is -3.95. The number of H-pyrrole nitrogens is 1. The molecule has 3 fully saturated rings. The van der Waals surface area contributed by atoms with E-state index in [-0.39, 0.29) is 28.9 Å². The van der Waals surface area contributed by atoms with Crippen LogP contribution in [0.3, 0.4) is 0 Å². The molecular weight excluding hydrogens is 462 g/mol. The highest BCUT2D eigenvalue weighted by molar-refractivity contribution is 7.89. The van der Waals surface area contributed by atoms with Gasteiger partial charge in [0.05, 0.1) is 4.90 Å². The Balaban J connectivity index is 1.34. The molecule has 2 atom stereocenters. The second kappa shape index (κ2) is 7.84. The van der Waals surface area contributed by atoms with Crippen molar-refractivity contribution in [2.24, 2.45) is 0 Å². The largest absolute Gasteiger partial charge is 0.346 e. The van der Waals surface area contributed by atoms with E-state index in [9.17, 15) is 22.0 Å². The molecule has 1 aromatic carbocycles. The molecule has 1 amide bonds. The fourth-order valence-electron chi connectivity index (χ4n) is 5.74. The van der Waals surface area contributed by atoms with E-state index in [4.69, 9.17) is 0 Å². The molecule has 2 aliphatic heterocycles. The first kappa shape index (κ1) is 21.7. The lowest BCUT2D eigenvalue weighted by molar-refractivity contribution is -0.107. The van der Waals surface area contributed by atoms with Crippen LogP contribution in [-0.4, -0.2) is 47.2 Å². The van der Waals surface area contributed by atoms with Crippen molar-refractivity contribution in [1.29, 1.82) is 0 Å². The molecular formula is C24H24F2N4O3S. The monoisotopic (exact) mass is 486 g/mol. The zero-order valence-electron chi connectivity index (χ0n) is 18.3. The maximum atomic E-state index is 13.8. The number of rotatable bonds is 6. The van der Waals surface area contributed by atoms with Crippen LogP contribution in [0.5, 0.6) is 0 Å². The molecule has 1 N–H and O–H groups in total. The van der Waals surface area contributed by atoms with Gasteiger partial charge < -0.3 is 4.98 Å². The Kier molecular flexibility index (Phi) is 5.00.